The summed E-state index contributed by atoms with van der Waals surface area (Å²) in [5, 5.41) is 3.39. The molecule has 2 rings (SSSR count). The number of rotatable bonds is 4. The smallest absolute Gasteiger partial charge is 0.239 e. The van der Waals surface area contributed by atoms with Crippen LogP contribution in [0.5, 0.6) is 5.88 Å². The monoisotopic (exact) mass is 221 g/mol. The van der Waals surface area contributed by atoms with E-state index >= 15 is 0 Å². The van der Waals surface area contributed by atoms with Crippen LogP contribution in [0.25, 0.3) is 0 Å². The number of nitrogens with zero attached hydrogens (tertiary/aromatic N) is 1. The summed E-state index contributed by atoms with van der Waals surface area (Å²) in [7, 11) is 0. The van der Waals surface area contributed by atoms with Gasteiger partial charge in [0.15, 0.2) is 0 Å². The SMILES string of the molecule is CCOc1nc(NC2CC(C)C2)ccc1N. The van der Waals surface area contributed by atoms with Gasteiger partial charge < -0.3 is 15.8 Å². The van der Waals surface area contributed by atoms with E-state index in [1.807, 2.05) is 19.1 Å². The summed E-state index contributed by atoms with van der Waals surface area (Å²) in [6.07, 6.45) is 2.44. The molecule has 0 saturated heterocycles. The summed E-state index contributed by atoms with van der Waals surface area (Å²) in [6.45, 7) is 4.77. The maximum Gasteiger partial charge on any atom is 0.239 e. The molecule has 3 N–H and O–H groups in total. The van der Waals surface area contributed by atoms with Crippen LogP contribution >= 0.6 is 0 Å². The molecule has 0 unspecified atom stereocenters. The Bertz CT molecular complexity index is 361. The van der Waals surface area contributed by atoms with E-state index in [-0.39, 0.29) is 0 Å². The summed E-state index contributed by atoms with van der Waals surface area (Å²) < 4.78 is 5.36. The van der Waals surface area contributed by atoms with Gasteiger partial charge in [0.2, 0.25) is 5.88 Å². The third-order valence-electron chi connectivity index (χ3n) is 2.90. The summed E-state index contributed by atoms with van der Waals surface area (Å²) in [5.41, 5.74) is 6.35. The average Bonchev–Trinajstić information content (AvgIpc) is 2.21. The Morgan fingerprint density at radius 2 is 2.25 bits per heavy atom. The molecule has 16 heavy (non-hydrogen) atoms. The normalized spacial score (nSPS) is 23.6. The largest absolute Gasteiger partial charge is 0.476 e. The minimum absolute atomic E-state index is 0.528. The van der Waals surface area contributed by atoms with Gasteiger partial charge in [-0.3, -0.25) is 0 Å². The Hall–Kier alpha value is -1.45. The first-order chi connectivity index (χ1) is 7.69. The molecule has 0 amide bonds. The van der Waals surface area contributed by atoms with Crippen molar-refractivity contribution in [1.82, 2.24) is 4.98 Å². The summed E-state index contributed by atoms with van der Waals surface area (Å²) in [6, 6.07) is 4.30. The number of aromatic nitrogens is 1. The highest BCUT2D eigenvalue weighted by molar-refractivity contribution is 5.53. The van der Waals surface area contributed by atoms with Crippen LogP contribution in [0.4, 0.5) is 11.5 Å². The van der Waals surface area contributed by atoms with Crippen LogP contribution in [-0.4, -0.2) is 17.6 Å². The van der Waals surface area contributed by atoms with Gasteiger partial charge >= 0.3 is 0 Å². The van der Waals surface area contributed by atoms with E-state index in [0.717, 1.165) is 11.7 Å². The van der Waals surface area contributed by atoms with Crippen LogP contribution in [0, 0.1) is 5.92 Å². The van der Waals surface area contributed by atoms with Gasteiger partial charge in [0.25, 0.3) is 0 Å². The van der Waals surface area contributed by atoms with Crippen molar-refractivity contribution in [2.24, 2.45) is 5.92 Å². The van der Waals surface area contributed by atoms with Crippen molar-refractivity contribution in [3.8, 4) is 5.88 Å². The quantitative estimate of drug-likeness (QED) is 0.818. The first-order valence-corrected chi connectivity index (χ1v) is 5.85. The molecule has 0 radical (unpaired) electrons. The van der Waals surface area contributed by atoms with Crippen molar-refractivity contribution >= 4 is 11.5 Å². The lowest BCUT2D eigenvalue weighted by molar-refractivity contribution is 0.307. The molecule has 1 fully saturated rings. The number of hydrogen-bond acceptors (Lipinski definition) is 4. The minimum Gasteiger partial charge on any atom is -0.476 e. The van der Waals surface area contributed by atoms with Crippen molar-refractivity contribution in [3.63, 3.8) is 0 Å². The highest BCUT2D eigenvalue weighted by Gasteiger charge is 2.25. The van der Waals surface area contributed by atoms with E-state index in [1.54, 1.807) is 0 Å². The Morgan fingerprint density at radius 3 is 2.88 bits per heavy atom. The van der Waals surface area contributed by atoms with Gasteiger partial charge in [0.05, 0.1) is 12.3 Å². The van der Waals surface area contributed by atoms with E-state index in [0.29, 0.717) is 24.2 Å². The van der Waals surface area contributed by atoms with Gasteiger partial charge in [-0.05, 0) is 37.8 Å². The molecule has 0 bridgehead atoms. The van der Waals surface area contributed by atoms with E-state index in [4.69, 9.17) is 10.5 Å². The minimum atomic E-state index is 0.528. The van der Waals surface area contributed by atoms with Crippen LogP contribution in [-0.2, 0) is 0 Å². The second-order valence-corrected chi connectivity index (χ2v) is 4.44. The fraction of sp³-hybridized carbons (Fsp3) is 0.583. The molecule has 1 heterocycles. The fourth-order valence-corrected chi connectivity index (χ4v) is 2.01. The Kier molecular flexibility index (Phi) is 3.17. The first kappa shape index (κ1) is 11.0. The summed E-state index contributed by atoms with van der Waals surface area (Å²) in [5.74, 6) is 2.21. The third-order valence-corrected chi connectivity index (χ3v) is 2.90. The maximum atomic E-state index is 5.76. The van der Waals surface area contributed by atoms with E-state index < -0.39 is 0 Å². The van der Waals surface area contributed by atoms with Crippen molar-refractivity contribution < 1.29 is 4.74 Å². The van der Waals surface area contributed by atoms with Crippen LogP contribution in [0.3, 0.4) is 0 Å². The molecule has 4 nitrogen and oxygen atoms in total. The molecule has 0 aromatic carbocycles. The number of pyridine rings is 1. The van der Waals surface area contributed by atoms with Crippen molar-refractivity contribution in [1.29, 1.82) is 0 Å². The molecule has 1 aromatic heterocycles. The first-order valence-electron chi connectivity index (χ1n) is 5.85. The number of ether oxygens (including phenoxy) is 1. The standard InChI is InChI=1S/C12H19N3O/c1-3-16-12-10(13)4-5-11(15-12)14-9-6-8(2)7-9/h4-5,8-9H,3,6-7,13H2,1-2H3,(H,14,15). The van der Waals surface area contributed by atoms with Gasteiger partial charge in [-0.15, -0.1) is 0 Å². The highest BCUT2D eigenvalue weighted by Crippen LogP contribution is 2.30. The lowest BCUT2D eigenvalue weighted by Crippen LogP contribution is -2.34. The molecule has 0 aliphatic heterocycles. The third kappa shape index (κ3) is 2.38. The predicted molar refractivity (Wildman–Crippen MR) is 65.6 cm³/mol. The summed E-state index contributed by atoms with van der Waals surface area (Å²) in [4.78, 5) is 4.35. The van der Waals surface area contributed by atoms with Gasteiger partial charge in [0.1, 0.15) is 5.82 Å². The Balaban J connectivity index is 2.01. The maximum absolute atomic E-state index is 5.76. The Labute approximate surface area is 96.2 Å². The van der Waals surface area contributed by atoms with Crippen LogP contribution < -0.4 is 15.8 Å². The molecule has 88 valence electrons. The fourth-order valence-electron chi connectivity index (χ4n) is 2.01. The zero-order valence-corrected chi connectivity index (χ0v) is 9.86. The average molecular weight is 221 g/mol. The second-order valence-electron chi connectivity index (χ2n) is 4.44. The predicted octanol–water partition coefficient (Wildman–Crippen LogP) is 2.27. The van der Waals surface area contributed by atoms with Crippen molar-refractivity contribution in [2.45, 2.75) is 32.7 Å². The van der Waals surface area contributed by atoms with Crippen molar-refractivity contribution in [2.75, 3.05) is 17.7 Å². The van der Waals surface area contributed by atoms with Gasteiger partial charge in [-0.1, -0.05) is 6.92 Å². The zero-order valence-electron chi connectivity index (χ0n) is 9.86. The van der Waals surface area contributed by atoms with E-state index in [2.05, 4.69) is 17.2 Å². The highest BCUT2D eigenvalue weighted by atomic mass is 16.5. The lowest BCUT2D eigenvalue weighted by Gasteiger charge is -2.33. The van der Waals surface area contributed by atoms with Gasteiger partial charge in [0, 0.05) is 6.04 Å². The molecule has 1 aliphatic carbocycles. The zero-order chi connectivity index (χ0) is 11.5. The number of anilines is 2. The van der Waals surface area contributed by atoms with Crippen LogP contribution in [0.1, 0.15) is 26.7 Å². The molecule has 0 atom stereocenters. The molecule has 0 spiro atoms. The molecule has 4 heteroatoms. The van der Waals surface area contributed by atoms with Crippen molar-refractivity contribution in [3.05, 3.63) is 12.1 Å². The number of nitrogens with two attached hydrogens (primary N) is 1. The molecule has 1 saturated carbocycles. The lowest BCUT2D eigenvalue weighted by atomic mass is 9.82. The molecule has 1 aliphatic rings. The molecular weight excluding hydrogens is 202 g/mol. The topological polar surface area (TPSA) is 60.2 Å². The van der Waals surface area contributed by atoms with Gasteiger partial charge in [-0.25, -0.2) is 0 Å². The molecular formula is C12H19N3O. The number of hydrogen-bond donors (Lipinski definition) is 2. The van der Waals surface area contributed by atoms with Gasteiger partial charge in [-0.2, -0.15) is 4.98 Å². The van der Waals surface area contributed by atoms with Crippen LogP contribution in [0.15, 0.2) is 12.1 Å². The van der Waals surface area contributed by atoms with E-state index in [1.165, 1.54) is 12.8 Å². The molecule has 1 aromatic rings. The summed E-state index contributed by atoms with van der Waals surface area (Å²) >= 11 is 0. The number of nitrogen functional groups attached to an aromatic ring is 1. The number of nitrogens with one attached hydrogen (secondary N) is 1. The second kappa shape index (κ2) is 4.60. The van der Waals surface area contributed by atoms with Crippen LogP contribution in [0.2, 0.25) is 0 Å². The van der Waals surface area contributed by atoms with E-state index in [9.17, 15) is 0 Å². The Morgan fingerprint density at radius 1 is 1.50 bits per heavy atom.